The molecule has 0 saturated carbocycles. The van der Waals surface area contributed by atoms with Crippen molar-refractivity contribution in [2.24, 2.45) is 0 Å². The topological polar surface area (TPSA) is 58.6 Å². The van der Waals surface area contributed by atoms with Crippen molar-refractivity contribution < 1.29 is 14.3 Å². The molecule has 5 heteroatoms. The second-order valence-electron chi connectivity index (χ2n) is 8.89. The minimum Gasteiger partial charge on any atom is -0.497 e. The number of methoxy groups -OCH3 is 1. The maximum absolute atomic E-state index is 13.3. The molecule has 5 nitrogen and oxygen atoms in total. The van der Waals surface area contributed by atoms with E-state index in [0.29, 0.717) is 6.54 Å². The highest BCUT2D eigenvalue weighted by atomic mass is 16.5. The minimum atomic E-state index is -0.594. The fraction of sp³-hybridized carbons (Fsp3) is 0.440. The third-order valence-corrected chi connectivity index (χ3v) is 5.02. The molecule has 0 unspecified atom stereocenters. The van der Waals surface area contributed by atoms with Crippen molar-refractivity contribution in [2.75, 3.05) is 7.11 Å². The van der Waals surface area contributed by atoms with Gasteiger partial charge in [-0.2, -0.15) is 0 Å². The maximum Gasteiger partial charge on any atom is 0.242 e. The number of nitrogens with zero attached hydrogens (tertiary/aromatic N) is 1. The molecule has 0 aromatic heterocycles. The van der Waals surface area contributed by atoms with E-state index in [9.17, 15) is 9.59 Å². The minimum absolute atomic E-state index is 0.0731. The Bertz CT molecular complexity index is 882. The molecule has 162 valence electrons. The SMILES string of the molecule is COc1ccc(CN(C(=O)Cc2cc(C)ccc2C)[C@H](C)C(=O)NC(C)(C)C)cc1. The van der Waals surface area contributed by atoms with E-state index in [1.165, 1.54) is 0 Å². The van der Waals surface area contributed by atoms with Gasteiger partial charge in [0.15, 0.2) is 0 Å². The smallest absolute Gasteiger partial charge is 0.242 e. The highest BCUT2D eigenvalue weighted by Gasteiger charge is 2.28. The van der Waals surface area contributed by atoms with Crippen LogP contribution < -0.4 is 10.1 Å². The molecule has 2 amide bonds. The summed E-state index contributed by atoms with van der Waals surface area (Å²) < 4.78 is 5.22. The van der Waals surface area contributed by atoms with Crippen LogP contribution in [0.25, 0.3) is 0 Å². The number of rotatable bonds is 7. The largest absolute Gasteiger partial charge is 0.497 e. The van der Waals surface area contributed by atoms with Gasteiger partial charge in [-0.15, -0.1) is 0 Å². The van der Waals surface area contributed by atoms with Crippen LogP contribution in [0.3, 0.4) is 0 Å². The monoisotopic (exact) mass is 410 g/mol. The van der Waals surface area contributed by atoms with Crippen molar-refractivity contribution >= 4 is 11.8 Å². The van der Waals surface area contributed by atoms with Crippen LogP contribution in [0, 0.1) is 13.8 Å². The van der Waals surface area contributed by atoms with E-state index in [-0.39, 0.29) is 23.8 Å². The first-order valence-corrected chi connectivity index (χ1v) is 10.3. The van der Waals surface area contributed by atoms with Crippen molar-refractivity contribution in [3.8, 4) is 5.75 Å². The van der Waals surface area contributed by atoms with Crippen LogP contribution in [-0.4, -0.2) is 35.4 Å². The summed E-state index contributed by atoms with van der Waals surface area (Å²) in [6.07, 6.45) is 0.261. The molecule has 30 heavy (non-hydrogen) atoms. The van der Waals surface area contributed by atoms with Crippen LogP contribution in [0.1, 0.15) is 49.9 Å². The van der Waals surface area contributed by atoms with Gasteiger partial charge in [0, 0.05) is 12.1 Å². The Morgan fingerprint density at radius 2 is 1.70 bits per heavy atom. The molecule has 0 aliphatic carbocycles. The van der Waals surface area contributed by atoms with Gasteiger partial charge in [0.25, 0.3) is 0 Å². The highest BCUT2D eigenvalue weighted by molar-refractivity contribution is 5.88. The molecule has 0 saturated heterocycles. The Kier molecular flexibility index (Phi) is 7.65. The van der Waals surface area contributed by atoms with Gasteiger partial charge in [-0.1, -0.05) is 35.9 Å². The lowest BCUT2D eigenvalue weighted by molar-refractivity contribution is -0.140. The Balaban J connectivity index is 2.29. The fourth-order valence-electron chi connectivity index (χ4n) is 3.24. The molecular weight excluding hydrogens is 376 g/mol. The second kappa shape index (κ2) is 9.79. The van der Waals surface area contributed by atoms with Crippen LogP contribution in [0.5, 0.6) is 5.75 Å². The van der Waals surface area contributed by atoms with Crippen LogP contribution in [-0.2, 0) is 22.6 Å². The third kappa shape index (κ3) is 6.61. The van der Waals surface area contributed by atoms with Crippen molar-refractivity contribution in [3.05, 3.63) is 64.7 Å². The van der Waals surface area contributed by atoms with Crippen LogP contribution in [0.15, 0.2) is 42.5 Å². The lowest BCUT2D eigenvalue weighted by Gasteiger charge is -2.31. The van der Waals surface area contributed by atoms with Crippen LogP contribution in [0.4, 0.5) is 0 Å². The standard InChI is InChI=1S/C25H34N2O3/c1-17-8-9-18(2)21(14-17)15-23(28)27(19(3)24(29)26-25(4,5)6)16-20-10-12-22(30-7)13-11-20/h8-14,19H,15-16H2,1-7H3,(H,26,29)/t19-/m1/s1. The first kappa shape index (κ1) is 23.5. The summed E-state index contributed by atoms with van der Waals surface area (Å²) in [6, 6.07) is 13.1. The first-order chi connectivity index (χ1) is 14.0. The van der Waals surface area contributed by atoms with E-state index in [1.54, 1.807) is 18.9 Å². The highest BCUT2D eigenvalue weighted by Crippen LogP contribution is 2.18. The molecule has 0 radical (unpaired) electrons. The Hall–Kier alpha value is -2.82. The van der Waals surface area contributed by atoms with Gasteiger partial charge in [-0.25, -0.2) is 0 Å². The fourth-order valence-corrected chi connectivity index (χ4v) is 3.24. The van der Waals surface area contributed by atoms with Crippen molar-refractivity contribution in [1.29, 1.82) is 0 Å². The zero-order valence-corrected chi connectivity index (χ0v) is 19.2. The second-order valence-corrected chi connectivity index (χ2v) is 8.89. The van der Waals surface area contributed by atoms with E-state index >= 15 is 0 Å². The summed E-state index contributed by atoms with van der Waals surface area (Å²) in [7, 11) is 1.62. The average molecular weight is 411 g/mol. The maximum atomic E-state index is 13.3. The molecule has 1 N–H and O–H groups in total. The van der Waals surface area contributed by atoms with Gasteiger partial charge in [0.1, 0.15) is 11.8 Å². The average Bonchev–Trinajstić information content (AvgIpc) is 2.67. The van der Waals surface area contributed by atoms with Crippen molar-refractivity contribution in [1.82, 2.24) is 10.2 Å². The van der Waals surface area contributed by atoms with Crippen LogP contribution in [0.2, 0.25) is 0 Å². The molecule has 0 heterocycles. The molecule has 0 aliphatic heterocycles. The van der Waals surface area contributed by atoms with E-state index in [4.69, 9.17) is 4.74 Å². The lowest BCUT2D eigenvalue weighted by atomic mass is 10.0. The van der Waals surface area contributed by atoms with Gasteiger partial charge < -0.3 is 15.0 Å². The molecular formula is C25H34N2O3. The quantitative estimate of drug-likeness (QED) is 0.745. The molecule has 0 aliphatic rings. The van der Waals surface area contributed by atoms with E-state index in [2.05, 4.69) is 5.32 Å². The molecule has 0 spiro atoms. The van der Waals surface area contributed by atoms with E-state index < -0.39 is 6.04 Å². The number of amides is 2. The number of benzene rings is 2. The van der Waals surface area contributed by atoms with Gasteiger partial charge in [0.05, 0.1) is 13.5 Å². The van der Waals surface area contributed by atoms with Crippen molar-refractivity contribution in [3.63, 3.8) is 0 Å². The number of aryl methyl sites for hydroxylation is 2. The Morgan fingerprint density at radius 1 is 1.07 bits per heavy atom. The van der Waals surface area contributed by atoms with Gasteiger partial charge in [0.2, 0.25) is 11.8 Å². The molecule has 2 aromatic rings. The molecule has 0 bridgehead atoms. The first-order valence-electron chi connectivity index (χ1n) is 10.3. The molecule has 2 rings (SSSR count). The summed E-state index contributed by atoms with van der Waals surface area (Å²) in [5.74, 6) is 0.520. The van der Waals surface area contributed by atoms with Gasteiger partial charge in [-0.05, 0) is 70.4 Å². The van der Waals surface area contributed by atoms with Gasteiger partial charge >= 0.3 is 0 Å². The zero-order valence-electron chi connectivity index (χ0n) is 19.2. The molecule has 1 atom stereocenters. The normalized spacial score (nSPS) is 12.2. The zero-order chi connectivity index (χ0) is 22.5. The summed E-state index contributed by atoms with van der Waals surface area (Å²) in [4.78, 5) is 27.8. The summed E-state index contributed by atoms with van der Waals surface area (Å²) in [5.41, 5.74) is 3.75. The van der Waals surface area contributed by atoms with Gasteiger partial charge in [-0.3, -0.25) is 9.59 Å². The summed E-state index contributed by atoms with van der Waals surface area (Å²) in [6.45, 7) is 12.0. The van der Waals surface area contributed by atoms with E-state index in [1.807, 2.05) is 77.1 Å². The lowest BCUT2D eigenvalue weighted by Crippen LogP contribution is -2.52. The number of carbonyl (C=O) groups is 2. The Labute approximate surface area is 180 Å². The predicted octanol–water partition coefficient (Wildman–Crippen LogP) is 4.19. The number of carbonyl (C=O) groups excluding carboxylic acids is 2. The number of ether oxygens (including phenoxy) is 1. The number of hydrogen-bond acceptors (Lipinski definition) is 3. The van der Waals surface area contributed by atoms with E-state index in [0.717, 1.165) is 28.0 Å². The van der Waals surface area contributed by atoms with Crippen molar-refractivity contribution in [2.45, 2.75) is 66.1 Å². The number of nitrogens with one attached hydrogen (secondary N) is 1. The summed E-state index contributed by atoms with van der Waals surface area (Å²) in [5, 5.41) is 2.99. The number of hydrogen-bond donors (Lipinski definition) is 1. The third-order valence-electron chi connectivity index (χ3n) is 5.02. The Morgan fingerprint density at radius 3 is 2.27 bits per heavy atom. The van der Waals surface area contributed by atoms with Crippen LogP contribution >= 0.6 is 0 Å². The molecule has 2 aromatic carbocycles. The molecule has 0 fully saturated rings. The predicted molar refractivity (Wildman–Crippen MR) is 121 cm³/mol. The summed E-state index contributed by atoms with van der Waals surface area (Å²) >= 11 is 0.